The van der Waals surface area contributed by atoms with Crippen LogP contribution in [0.3, 0.4) is 0 Å². The van der Waals surface area contributed by atoms with Gasteiger partial charge in [0.25, 0.3) is 0 Å². The van der Waals surface area contributed by atoms with E-state index in [-0.39, 0.29) is 18.2 Å². The molecule has 0 unspecified atom stereocenters. The molecule has 4 rings (SSSR count). The molecule has 0 aliphatic heterocycles. The van der Waals surface area contributed by atoms with Gasteiger partial charge in [-0.05, 0) is 31.0 Å². The number of hydrogen-bond acceptors (Lipinski definition) is 5. The maximum atomic E-state index is 10.1. The van der Waals surface area contributed by atoms with Crippen molar-refractivity contribution in [2.45, 2.75) is 31.5 Å². The van der Waals surface area contributed by atoms with Gasteiger partial charge in [0.15, 0.2) is 0 Å². The van der Waals surface area contributed by atoms with Gasteiger partial charge >= 0.3 is 0 Å². The zero-order valence-electron chi connectivity index (χ0n) is 12.2. The number of rotatable bonds is 3. The Labute approximate surface area is 127 Å². The van der Waals surface area contributed by atoms with Gasteiger partial charge in [-0.1, -0.05) is 12.1 Å². The number of anilines is 1. The van der Waals surface area contributed by atoms with Crippen LogP contribution in [0.25, 0.3) is 10.9 Å². The lowest BCUT2D eigenvalue weighted by molar-refractivity contribution is 0.0133. The number of nitrogens with zero attached hydrogens (tertiary/aromatic N) is 4. The summed E-state index contributed by atoms with van der Waals surface area (Å²) in [5, 5.41) is 18.8. The first-order chi connectivity index (χ1) is 10.7. The normalized spacial score (nSPS) is 24.2. The van der Waals surface area contributed by atoms with E-state index in [2.05, 4.69) is 33.4 Å². The molecule has 112 valence electrons. The highest BCUT2D eigenvalue weighted by Gasteiger charge is 2.42. The number of aryl methyl sites for hydroxylation is 1. The van der Waals surface area contributed by atoms with Crippen LogP contribution in [0.5, 0.6) is 0 Å². The summed E-state index contributed by atoms with van der Waals surface area (Å²) >= 11 is 0. The molecule has 2 aromatic heterocycles. The monoisotopic (exact) mass is 295 g/mol. The second-order valence-electron chi connectivity index (χ2n) is 5.72. The van der Waals surface area contributed by atoms with E-state index in [0.717, 1.165) is 22.3 Å². The average molecular weight is 295 g/mol. The van der Waals surface area contributed by atoms with Crippen LogP contribution in [-0.4, -0.2) is 37.0 Å². The molecule has 0 radical (unpaired) electrons. The number of aromatic nitrogens is 4. The van der Waals surface area contributed by atoms with Gasteiger partial charge < -0.3 is 10.4 Å². The third kappa shape index (κ3) is 2.03. The molecule has 2 N–H and O–H groups in total. The Kier molecular flexibility index (Phi) is 3.04. The number of aliphatic hydroxyl groups excluding tert-OH is 1. The predicted octanol–water partition coefficient (Wildman–Crippen LogP) is 1.92. The standard InChI is InChI=1S/C16H17N5O/c1-10-4-2-5-11-14(10)16(18-9-17-11)20-12-8-13(22)15(12)21-7-3-6-19-21/h2-7,9,12-13,15,22H,8H2,1H3,(H,17,18,20)/t12-,13+,15+/m0/s1. The maximum absolute atomic E-state index is 10.1. The van der Waals surface area contributed by atoms with Gasteiger partial charge in [0.1, 0.15) is 12.1 Å². The Morgan fingerprint density at radius 1 is 1.27 bits per heavy atom. The van der Waals surface area contributed by atoms with Gasteiger partial charge in [-0.25, -0.2) is 9.97 Å². The van der Waals surface area contributed by atoms with E-state index in [1.54, 1.807) is 12.5 Å². The van der Waals surface area contributed by atoms with Gasteiger partial charge in [-0.15, -0.1) is 0 Å². The average Bonchev–Trinajstić information content (AvgIpc) is 3.00. The van der Waals surface area contributed by atoms with Gasteiger partial charge in [0.05, 0.1) is 23.7 Å². The fourth-order valence-electron chi connectivity index (χ4n) is 3.14. The third-order valence-corrected chi connectivity index (χ3v) is 4.33. The molecule has 0 saturated heterocycles. The number of hydrogen-bond donors (Lipinski definition) is 2. The van der Waals surface area contributed by atoms with Gasteiger partial charge in [-0.3, -0.25) is 4.68 Å². The quantitative estimate of drug-likeness (QED) is 0.772. The molecule has 6 nitrogen and oxygen atoms in total. The van der Waals surface area contributed by atoms with Gasteiger partial charge in [-0.2, -0.15) is 5.10 Å². The van der Waals surface area contributed by atoms with Crippen molar-refractivity contribution in [1.29, 1.82) is 0 Å². The summed E-state index contributed by atoms with van der Waals surface area (Å²) in [5.41, 5.74) is 2.06. The second-order valence-corrected chi connectivity index (χ2v) is 5.72. The molecule has 22 heavy (non-hydrogen) atoms. The first kappa shape index (κ1) is 13.2. The first-order valence-electron chi connectivity index (χ1n) is 7.38. The van der Waals surface area contributed by atoms with Crippen LogP contribution in [0.2, 0.25) is 0 Å². The lowest BCUT2D eigenvalue weighted by Gasteiger charge is -2.42. The lowest BCUT2D eigenvalue weighted by Crippen LogP contribution is -2.51. The van der Waals surface area contributed by atoms with E-state index in [1.165, 1.54) is 0 Å². The van der Waals surface area contributed by atoms with Crippen molar-refractivity contribution in [2.75, 3.05) is 5.32 Å². The van der Waals surface area contributed by atoms with Crippen LogP contribution < -0.4 is 5.32 Å². The number of benzene rings is 1. The van der Waals surface area contributed by atoms with Crippen molar-refractivity contribution in [3.05, 3.63) is 48.5 Å². The third-order valence-electron chi connectivity index (χ3n) is 4.33. The van der Waals surface area contributed by atoms with Gasteiger partial charge in [0.2, 0.25) is 0 Å². The number of fused-ring (bicyclic) bond motifs is 1. The highest BCUT2D eigenvalue weighted by atomic mass is 16.3. The molecule has 0 amide bonds. The van der Waals surface area contributed by atoms with Crippen molar-refractivity contribution < 1.29 is 5.11 Å². The van der Waals surface area contributed by atoms with E-state index >= 15 is 0 Å². The van der Waals surface area contributed by atoms with Crippen molar-refractivity contribution in [1.82, 2.24) is 19.7 Å². The molecule has 2 heterocycles. The van der Waals surface area contributed by atoms with Crippen molar-refractivity contribution in [2.24, 2.45) is 0 Å². The SMILES string of the molecule is Cc1cccc2ncnc(N[C@H]3C[C@@H](O)[C@@H]3n3cccn3)c12. The molecule has 6 heteroatoms. The summed E-state index contributed by atoms with van der Waals surface area (Å²) in [4.78, 5) is 8.72. The molecular weight excluding hydrogens is 278 g/mol. The highest BCUT2D eigenvalue weighted by molar-refractivity contribution is 5.91. The molecule has 1 fully saturated rings. The molecule has 0 spiro atoms. The summed E-state index contributed by atoms with van der Waals surface area (Å²) in [6.07, 6.45) is 5.48. The van der Waals surface area contributed by atoms with E-state index in [1.807, 2.05) is 29.1 Å². The van der Waals surface area contributed by atoms with E-state index < -0.39 is 0 Å². The lowest BCUT2D eigenvalue weighted by atomic mass is 9.83. The Balaban J connectivity index is 1.67. The largest absolute Gasteiger partial charge is 0.391 e. The Bertz CT molecular complexity index is 796. The zero-order chi connectivity index (χ0) is 15.1. The fourth-order valence-corrected chi connectivity index (χ4v) is 3.14. The summed E-state index contributed by atoms with van der Waals surface area (Å²) in [7, 11) is 0. The van der Waals surface area contributed by atoms with E-state index in [4.69, 9.17) is 0 Å². The molecule has 1 saturated carbocycles. The summed E-state index contributed by atoms with van der Waals surface area (Å²) in [6, 6.07) is 7.94. The van der Waals surface area contributed by atoms with Crippen molar-refractivity contribution in [3.63, 3.8) is 0 Å². The molecule has 0 bridgehead atoms. The second kappa shape index (κ2) is 5.06. The Morgan fingerprint density at radius 3 is 2.95 bits per heavy atom. The van der Waals surface area contributed by atoms with Crippen LogP contribution in [0, 0.1) is 6.92 Å². The first-order valence-corrected chi connectivity index (χ1v) is 7.38. The molecular formula is C16H17N5O. The summed E-state index contributed by atoms with van der Waals surface area (Å²) < 4.78 is 1.81. The van der Waals surface area contributed by atoms with Crippen LogP contribution in [0.4, 0.5) is 5.82 Å². The topological polar surface area (TPSA) is 75.9 Å². The van der Waals surface area contributed by atoms with Crippen LogP contribution in [0.1, 0.15) is 18.0 Å². The number of nitrogens with one attached hydrogen (secondary N) is 1. The van der Waals surface area contributed by atoms with Crippen LogP contribution >= 0.6 is 0 Å². The smallest absolute Gasteiger partial charge is 0.137 e. The van der Waals surface area contributed by atoms with Crippen LogP contribution in [0.15, 0.2) is 43.0 Å². The molecule has 3 atom stereocenters. The fraction of sp³-hybridized carbons (Fsp3) is 0.312. The van der Waals surface area contributed by atoms with Crippen molar-refractivity contribution >= 4 is 16.7 Å². The van der Waals surface area contributed by atoms with E-state index in [9.17, 15) is 5.11 Å². The zero-order valence-corrected chi connectivity index (χ0v) is 12.2. The predicted molar refractivity (Wildman–Crippen MR) is 83.6 cm³/mol. The molecule has 3 aromatic rings. The summed E-state index contributed by atoms with van der Waals surface area (Å²) in [6.45, 7) is 2.05. The minimum atomic E-state index is -0.383. The Morgan fingerprint density at radius 2 is 2.18 bits per heavy atom. The molecule has 1 aliphatic carbocycles. The van der Waals surface area contributed by atoms with Crippen molar-refractivity contribution in [3.8, 4) is 0 Å². The van der Waals surface area contributed by atoms with Gasteiger partial charge in [0, 0.05) is 17.8 Å². The highest BCUT2D eigenvalue weighted by Crippen LogP contribution is 2.35. The minimum Gasteiger partial charge on any atom is -0.391 e. The number of aliphatic hydroxyl groups is 1. The summed E-state index contributed by atoms with van der Waals surface area (Å²) in [5.74, 6) is 0.817. The molecule has 1 aliphatic rings. The molecule has 1 aromatic carbocycles. The minimum absolute atomic E-state index is 0.0657. The Hall–Kier alpha value is -2.47. The van der Waals surface area contributed by atoms with Crippen LogP contribution in [-0.2, 0) is 0 Å². The van der Waals surface area contributed by atoms with E-state index in [0.29, 0.717) is 6.42 Å². The maximum Gasteiger partial charge on any atom is 0.137 e.